The average molecular weight is 414 g/mol. The minimum atomic E-state index is -0.649. The van der Waals surface area contributed by atoms with Gasteiger partial charge in [-0.15, -0.1) is 0 Å². The lowest BCUT2D eigenvalue weighted by Gasteiger charge is -2.13. The van der Waals surface area contributed by atoms with Gasteiger partial charge in [-0.1, -0.05) is 33.6 Å². The number of nitrogens with one attached hydrogen (secondary N) is 1. The van der Waals surface area contributed by atoms with Crippen molar-refractivity contribution in [3.8, 4) is 11.5 Å². The van der Waals surface area contributed by atoms with E-state index in [2.05, 4.69) is 21.2 Å². The number of ether oxygens (including phenoxy) is 2. The summed E-state index contributed by atoms with van der Waals surface area (Å²) in [6.07, 6.45) is 0. The summed E-state index contributed by atoms with van der Waals surface area (Å²) >= 11 is 9.46. The fraction of sp³-hybridized carbons (Fsp3) is 0.125. The van der Waals surface area contributed by atoms with E-state index in [-0.39, 0.29) is 34.6 Å². The van der Waals surface area contributed by atoms with Crippen molar-refractivity contribution >= 4 is 45.0 Å². The molecule has 2 amide bonds. The summed E-state index contributed by atoms with van der Waals surface area (Å²) in [5, 5.41) is 2.88. The van der Waals surface area contributed by atoms with Gasteiger partial charge in [0.25, 0.3) is 11.8 Å². The average Bonchev–Trinajstić information content (AvgIpc) is 2.52. The highest BCUT2D eigenvalue weighted by molar-refractivity contribution is 9.10. The molecule has 0 heterocycles. The minimum Gasteiger partial charge on any atom is -0.493 e. The number of halogens is 2. The molecule has 0 spiro atoms. The molecule has 2 rings (SSSR count). The maximum absolute atomic E-state index is 12.4. The molecule has 0 aliphatic rings. The van der Waals surface area contributed by atoms with E-state index in [0.717, 1.165) is 4.47 Å². The molecule has 0 unspecified atom stereocenters. The summed E-state index contributed by atoms with van der Waals surface area (Å²) in [6.45, 7) is -0.348. The van der Waals surface area contributed by atoms with E-state index < -0.39 is 5.91 Å². The quantitative estimate of drug-likeness (QED) is 0.761. The molecule has 0 aliphatic heterocycles. The largest absolute Gasteiger partial charge is 0.493 e. The number of benzene rings is 2. The van der Waals surface area contributed by atoms with Crippen LogP contribution in [0.15, 0.2) is 40.9 Å². The molecule has 0 saturated carbocycles. The van der Waals surface area contributed by atoms with Crippen molar-refractivity contribution in [2.75, 3.05) is 19.0 Å². The number of hydrogen-bond acceptors (Lipinski definition) is 4. The number of rotatable bonds is 6. The maximum Gasteiger partial charge on any atom is 0.255 e. The van der Waals surface area contributed by atoms with Crippen LogP contribution in [0.3, 0.4) is 0 Å². The molecule has 0 bridgehead atoms. The number of carbonyl (C=O) groups excluding carboxylic acids is 2. The number of nitrogens with two attached hydrogens (primary N) is 1. The second kappa shape index (κ2) is 8.03. The topological polar surface area (TPSA) is 90.7 Å². The first-order valence-corrected chi connectivity index (χ1v) is 7.93. The van der Waals surface area contributed by atoms with E-state index in [4.69, 9.17) is 26.8 Å². The molecule has 8 heteroatoms. The van der Waals surface area contributed by atoms with Gasteiger partial charge in [-0.25, -0.2) is 0 Å². The van der Waals surface area contributed by atoms with Crippen molar-refractivity contribution in [1.82, 2.24) is 0 Å². The lowest BCUT2D eigenvalue weighted by atomic mass is 10.1. The van der Waals surface area contributed by atoms with Crippen LogP contribution in [0.5, 0.6) is 11.5 Å². The molecule has 2 aromatic carbocycles. The zero-order valence-corrected chi connectivity index (χ0v) is 15.0. The molecule has 3 N–H and O–H groups in total. The molecule has 0 fully saturated rings. The summed E-state index contributed by atoms with van der Waals surface area (Å²) in [6, 6.07) is 10.1. The number of primary amides is 1. The van der Waals surface area contributed by atoms with Crippen LogP contribution in [0.25, 0.3) is 0 Å². The standard InChI is InChI=1S/C16H14BrClN2O4/c1-23-13-6-9(5-12(18)15(13)24-8-14(19)21)16(22)20-11-4-2-3-10(17)7-11/h2-7H,8H2,1H3,(H2,19,21)(H,20,22). The number of amides is 2. The molecule has 0 saturated heterocycles. The second-order valence-corrected chi connectivity index (χ2v) is 6.03. The number of hydrogen-bond donors (Lipinski definition) is 2. The van der Waals surface area contributed by atoms with Gasteiger partial charge in [-0.05, 0) is 30.3 Å². The summed E-state index contributed by atoms with van der Waals surface area (Å²) < 4.78 is 11.2. The van der Waals surface area contributed by atoms with Crippen LogP contribution < -0.4 is 20.5 Å². The number of anilines is 1. The first kappa shape index (κ1) is 18.1. The molecule has 126 valence electrons. The van der Waals surface area contributed by atoms with Crippen molar-refractivity contribution in [3.05, 3.63) is 51.5 Å². The monoisotopic (exact) mass is 412 g/mol. The van der Waals surface area contributed by atoms with Crippen molar-refractivity contribution in [2.45, 2.75) is 0 Å². The van der Waals surface area contributed by atoms with Gasteiger partial charge in [-0.2, -0.15) is 0 Å². The highest BCUT2D eigenvalue weighted by Gasteiger charge is 2.17. The first-order chi connectivity index (χ1) is 11.4. The van der Waals surface area contributed by atoms with Gasteiger partial charge >= 0.3 is 0 Å². The van der Waals surface area contributed by atoms with E-state index in [1.165, 1.54) is 19.2 Å². The van der Waals surface area contributed by atoms with Crippen LogP contribution in [0.2, 0.25) is 5.02 Å². The van der Waals surface area contributed by atoms with Gasteiger partial charge in [0, 0.05) is 15.7 Å². The Morgan fingerprint density at radius 2 is 2.04 bits per heavy atom. The van der Waals surface area contributed by atoms with Gasteiger partial charge in [0.1, 0.15) is 0 Å². The predicted octanol–water partition coefficient (Wildman–Crippen LogP) is 3.23. The van der Waals surface area contributed by atoms with Gasteiger partial charge in [0.2, 0.25) is 0 Å². The molecule has 24 heavy (non-hydrogen) atoms. The fourth-order valence-corrected chi connectivity index (χ4v) is 2.57. The van der Waals surface area contributed by atoms with Crippen LogP contribution in [0.4, 0.5) is 5.69 Å². The van der Waals surface area contributed by atoms with Crippen molar-refractivity contribution in [1.29, 1.82) is 0 Å². The number of methoxy groups -OCH3 is 1. The van der Waals surface area contributed by atoms with Gasteiger partial charge in [0.05, 0.1) is 12.1 Å². The van der Waals surface area contributed by atoms with Crippen LogP contribution in [-0.2, 0) is 4.79 Å². The maximum atomic E-state index is 12.4. The smallest absolute Gasteiger partial charge is 0.255 e. The Morgan fingerprint density at radius 3 is 2.67 bits per heavy atom. The third kappa shape index (κ3) is 4.62. The summed E-state index contributed by atoms with van der Waals surface area (Å²) in [5.74, 6) is -0.639. The highest BCUT2D eigenvalue weighted by Crippen LogP contribution is 2.36. The number of carbonyl (C=O) groups is 2. The first-order valence-electron chi connectivity index (χ1n) is 6.76. The van der Waals surface area contributed by atoms with E-state index in [1.54, 1.807) is 18.2 Å². The molecule has 0 atom stereocenters. The van der Waals surface area contributed by atoms with Crippen molar-refractivity contribution < 1.29 is 19.1 Å². The van der Waals surface area contributed by atoms with Crippen molar-refractivity contribution in [3.63, 3.8) is 0 Å². The van der Waals surface area contributed by atoms with E-state index in [0.29, 0.717) is 5.69 Å². The Kier molecular flexibility index (Phi) is 6.05. The molecule has 0 aromatic heterocycles. The van der Waals surface area contributed by atoms with Crippen molar-refractivity contribution in [2.24, 2.45) is 5.73 Å². The Morgan fingerprint density at radius 1 is 1.29 bits per heavy atom. The van der Waals surface area contributed by atoms with E-state index >= 15 is 0 Å². The Hall–Kier alpha value is -2.25. The molecule has 0 aliphatic carbocycles. The lowest BCUT2D eigenvalue weighted by Crippen LogP contribution is -2.20. The Balaban J connectivity index is 2.25. The van der Waals surface area contributed by atoms with Crippen LogP contribution >= 0.6 is 27.5 Å². The van der Waals surface area contributed by atoms with Crippen LogP contribution in [0, 0.1) is 0 Å². The van der Waals surface area contributed by atoms with E-state index in [9.17, 15) is 9.59 Å². The third-order valence-corrected chi connectivity index (χ3v) is 3.71. The summed E-state index contributed by atoms with van der Waals surface area (Å²) in [7, 11) is 1.40. The molecular formula is C16H14BrClN2O4. The summed E-state index contributed by atoms with van der Waals surface area (Å²) in [5.41, 5.74) is 5.95. The molecule has 2 aromatic rings. The molecule has 0 radical (unpaired) electrons. The van der Waals surface area contributed by atoms with Crippen LogP contribution in [-0.4, -0.2) is 25.5 Å². The lowest BCUT2D eigenvalue weighted by molar-refractivity contribution is -0.119. The SMILES string of the molecule is COc1cc(C(=O)Nc2cccc(Br)c2)cc(Cl)c1OCC(N)=O. The van der Waals surface area contributed by atoms with Gasteiger partial charge in [0.15, 0.2) is 18.1 Å². The van der Waals surface area contributed by atoms with Gasteiger partial charge in [-0.3, -0.25) is 9.59 Å². The Bertz CT molecular complexity index is 783. The Labute approximate surface area is 152 Å². The normalized spacial score (nSPS) is 10.1. The zero-order chi connectivity index (χ0) is 17.7. The fourth-order valence-electron chi connectivity index (χ4n) is 1.90. The molecule has 6 nitrogen and oxygen atoms in total. The van der Waals surface area contributed by atoms with Gasteiger partial charge < -0.3 is 20.5 Å². The van der Waals surface area contributed by atoms with E-state index in [1.807, 2.05) is 6.07 Å². The molecular weight excluding hydrogens is 400 g/mol. The summed E-state index contributed by atoms with van der Waals surface area (Å²) in [4.78, 5) is 23.2. The second-order valence-electron chi connectivity index (χ2n) is 4.71. The van der Waals surface area contributed by atoms with Crippen LogP contribution in [0.1, 0.15) is 10.4 Å². The zero-order valence-electron chi connectivity index (χ0n) is 12.6. The minimum absolute atomic E-state index is 0.134. The third-order valence-electron chi connectivity index (χ3n) is 2.93. The predicted molar refractivity (Wildman–Crippen MR) is 94.8 cm³/mol. The highest BCUT2D eigenvalue weighted by atomic mass is 79.9.